The lowest BCUT2D eigenvalue weighted by Crippen LogP contribution is -2.54. The third-order valence-electron chi connectivity index (χ3n) is 10.7. The SMILES string of the molecule is C=C(C)C(=O)CCC(C)[C@H]1CC[C@H]2[C@@H]3CCC4C[C@@H](O)CC[C@]4(C)[C@H]3CC[C@]12C. The highest BCUT2D eigenvalue weighted by atomic mass is 16.3. The standard InChI is InChI=1S/C27H44O2/c1-17(2)25(29)11-6-18(3)22-9-10-23-21-8-7-19-16-20(28)12-14-26(19,4)24(21)13-15-27(22,23)5/h18-24,28H,1,6-16H2,2-5H3/t18?,19?,20-,21-,22+,23-,24-,26-,27+/m0/s1. The Hall–Kier alpha value is -0.630. The highest BCUT2D eigenvalue weighted by Gasteiger charge is 2.60. The molecule has 4 aliphatic rings. The van der Waals surface area contributed by atoms with Crippen LogP contribution in [0.3, 0.4) is 0 Å². The lowest BCUT2D eigenvalue weighted by molar-refractivity contribution is -0.129. The molecule has 4 saturated carbocycles. The molecule has 0 aromatic carbocycles. The second kappa shape index (κ2) is 7.81. The van der Waals surface area contributed by atoms with E-state index in [9.17, 15) is 9.90 Å². The van der Waals surface area contributed by atoms with Gasteiger partial charge in [0.1, 0.15) is 0 Å². The zero-order chi connectivity index (χ0) is 21.0. The van der Waals surface area contributed by atoms with Gasteiger partial charge in [0.25, 0.3) is 0 Å². The summed E-state index contributed by atoms with van der Waals surface area (Å²) in [5.41, 5.74) is 1.67. The van der Waals surface area contributed by atoms with Crippen molar-refractivity contribution in [3.8, 4) is 0 Å². The number of fused-ring (bicyclic) bond motifs is 5. The molecule has 0 aromatic rings. The minimum Gasteiger partial charge on any atom is -0.393 e. The summed E-state index contributed by atoms with van der Waals surface area (Å²) in [6.07, 6.45) is 13.3. The molecule has 2 nitrogen and oxygen atoms in total. The van der Waals surface area contributed by atoms with Gasteiger partial charge < -0.3 is 5.11 Å². The molecule has 0 heterocycles. The van der Waals surface area contributed by atoms with Gasteiger partial charge in [0, 0.05) is 6.42 Å². The number of hydrogen-bond donors (Lipinski definition) is 1. The summed E-state index contributed by atoms with van der Waals surface area (Å²) in [7, 11) is 0. The fourth-order valence-corrected chi connectivity index (χ4v) is 8.98. The predicted octanol–water partition coefficient (Wildman–Crippen LogP) is 6.57. The third kappa shape index (κ3) is 3.56. The summed E-state index contributed by atoms with van der Waals surface area (Å²) in [5.74, 6) is 5.10. The van der Waals surface area contributed by atoms with Crippen LogP contribution in [0.1, 0.15) is 98.3 Å². The van der Waals surface area contributed by atoms with Crippen LogP contribution in [0.4, 0.5) is 0 Å². The van der Waals surface area contributed by atoms with Crippen molar-refractivity contribution in [1.29, 1.82) is 0 Å². The van der Waals surface area contributed by atoms with E-state index >= 15 is 0 Å². The lowest BCUT2D eigenvalue weighted by atomic mass is 9.44. The predicted molar refractivity (Wildman–Crippen MR) is 119 cm³/mol. The molecule has 4 aliphatic carbocycles. The molecule has 4 fully saturated rings. The topological polar surface area (TPSA) is 37.3 Å². The van der Waals surface area contributed by atoms with Crippen LogP contribution in [0.5, 0.6) is 0 Å². The van der Waals surface area contributed by atoms with Gasteiger partial charge in [0.15, 0.2) is 5.78 Å². The van der Waals surface area contributed by atoms with E-state index in [1.165, 1.54) is 44.9 Å². The Labute approximate surface area is 178 Å². The number of aliphatic hydroxyl groups is 1. The molecule has 0 aromatic heterocycles. The van der Waals surface area contributed by atoms with E-state index in [0.29, 0.717) is 23.2 Å². The largest absolute Gasteiger partial charge is 0.393 e. The van der Waals surface area contributed by atoms with Gasteiger partial charge in [-0.2, -0.15) is 0 Å². The molecule has 0 radical (unpaired) electrons. The molecule has 164 valence electrons. The zero-order valence-corrected chi connectivity index (χ0v) is 19.4. The van der Waals surface area contributed by atoms with Gasteiger partial charge in [-0.1, -0.05) is 27.4 Å². The smallest absolute Gasteiger partial charge is 0.157 e. The minimum atomic E-state index is -0.0443. The first-order valence-corrected chi connectivity index (χ1v) is 12.5. The van der Waals surface area contributed by atoms with Gasteiger partial charge in [0.05, 0.1) is 6.10 Å². The second-order valence-electron chi connectivity index (χ2n) is 12.0. The highest BCUT2D eigenvalue weighted by molar-refractivity contribution is 5.94. The summed E-state index contributed by atoms with van der Waals surface area (Å²) in [6, 6.07) is 0. The maximum Gasteiger partial charge on any atom is 0.157 e. The fourth-order valence-electron chi connectivity index (χ4n) is 8.98. The van der Waals surface area contributed by atoms with Crippen molar-refractivity contribution < 1.29 is 9.90 Å². The first-order chi connectivity index (χ1) is 13.7. The van der Waals surface area contributed by atoms with Gasteiger partial charge in [-0.05, 0) is 123 Å². The van der Waals surface area contributed by atoms with Crippen LogP contribution in [0.25, 0.3) is 0 Å². The van der Waals surface area contributed by atoms with Gasteiger partial charge in [-0.15, -0.1) is 0 Å². The lowest BCUT2D eigenvalue weighted by Gasteiger charge is -2.61. The van der Waals surface area contributed by atoms with Crippen molar-refractivity contribution >= 4 is 5.78 Å². The van der Waals surface area contributed by atoms with E-state index in [1.807, 2.05) is 6.92 Å². The van der Waals surface area contributed by atoms with E-state index in [-0.39, 0.29) is 11.9 Å². The van der Waals surface area contributed by atoms with E-state index < -0.39 is 0 Å². The molecule has 1 N–H and O–H groups in total. The van der Waals surface area contributed by atoms with Crippen molar-refractivity contribution in [1.82, 2.24) is 0 Å². The van der Waals surface area contributed by atoms with Crippen LogP contribution in [-0.2, 0) is 4.79 Å². The molecular weight excluding hydrogens is 356 g/mol. The average molecular weight is 401 g/mol. The zero-order valence-electron chi connectivity index (χ0n) is 19.4. The van der Waals surface area contributed by atoms with Crippen LogP contribution in [0.2, 0.25) is 0 Å². The Morgan fingerprint density at radius 2 is 1.72 bits per heavy atom. The van der Waals surface area contributed by atoms with Crippen LogP contribution >= 0.6 is 0 Å². The summed E-state index contributed by atoms with van der Waals surface area (Å²) >= 11 is 0. The molecule has 9 atom stereocenters. The molecule has 0 bridgehead atoms. The maximum absolute atomic E-state index is 12.1. The van der Waals surface area contributed by atoms with Crippen LogP contribution < -0.4 is 0 Å². The number of allylic oxidation sites excluding steroid dienone is 1. The monoisotopic (exact) mass is 400 g/mol. The summed E-state index contributed by atoms with van der Waals surface area (Å²) in [4.78, 5) is 12.1. The quantitative estimate of drug-likeness (QED) is 0.530. The number of carbonyl (C=O) groups is 1. The van der Waals surface area contributed by atoms with Crippen molar-refractivity contribution in [2.24, 2.45) is 46.3 Å². The highest BCUT2D eigenvalue weighted by Crippen LogP contribution is 2.68. The molecule has 4 rings (SSSR count). The molecule has 0 spiro atoms. The molecule has 0 saturated heterocycles. The first kappa shape index (κ1) is 21.6. The Bertz CT molecular complexity index is 653. The van der Waals surface area contributed by atoms with Gasteiger partial charge in [-0.25, -0.2) is 0 Å². The third-order valence-corrected chi connectivity index (χ3v) is 10.7. The molecule has 0 aliphatic heterocycles. The van der Waals surface area contributed by atoms with Crippen LogP contribution in [0.15, 0.2) is 12.2 Å². The Kier molecular flexibility index (Phi) is 5.82. The van der Waals surface area contributed by atoms with Gasteiger partial charge in [0.2, 0.25) is 0 Å². The molecule has 0 amide bonds. The number of rotatable bonds is 5. The number of carbonyl (C=O) groups excluding carboxylic acids is 1. The average Bonchev–Trinajstić information content (AvgIpc) is 3.03. The van der Waals surface area contributed by atoms with Crippen LogP contribution in [-0.4, -0.2) is 17.0 Å². The second-order valence-corrected chi connectivity index (χ2v) is 12.0. The van der Waals surface area contributed by atoms with Gasteiger partial charge >= 0.3 is 0 Å². The molecule has 2 heteroatoms. The molecule has 29 heavy (non-hydrogen) atoms. The number of hydrogen-bond acceptors (Lipinski definition) is 2. The number of ketones is 1. The molecular formula is C27H44O2. The van der Waals surface area contributed by atoms with Gasteiger partial charge in [-0.3, -0.25) is 4.79 Å². The Balaban J connectivity index is 1.47. The molecule has 2 unspecified atom stereocenters. The minimum absolute atomic E-state index is 0.0443. The van der Waals surface area contributed by atoms with E-state index in [1.54, 1.807) is 0 Å². The van der Waals surface area contributed by atoms with Crippen molar-refractivity contribution in [2.45, 2.75) is 104 Å². The number of aliphatic hydroxyl groups excluding tert-OH is 1. The van der Waals surface area contributed by atoms with Crippen molar-refractivity contribution in [3.63, 3.8) is 0 Å². The summed E-state index contributed by atoms with van der Waals surface area (Å²) in [5, 5.41) is 10.2. The van der Waals surface area contributed by atoms with Crippen molar-refractivity contribution in [3.05, 3.63) is 12.2 Å². The summed E-state index contributed by atoms with van der Waals surface area (Å²) < 4.78 is 0. The van der Waals surface area contributed by atoms with E-state index in [0.717, 1.165) is 54.4 Å². The van der Waals surface area contributed by atoms with Crippen molar-refractivity contribution in [2.75, 3.05) is 0 Å². The Morgan fingerprint density at radius 1 is 1.03 bits per heavy atom. The first-order valence-electron chi connectivity index (χ1n) is 12.5. The van der Waals surface area contributed by atoms with Crippen LogP contribution in [0, 0.1) is 46.3 Å². The Morgan fingerprint density at radius 3 is 2.45 bits per heavy atom. The fraction of sp³-hybridized carbons (Fsp3) is 0.889. The van der Waals surface area contributed by atoms with E-state index in [2.05, 4.69) is 27.4 Å². The normalized spacial score (nSPS) is 47.6. The maximum atomic E-state index is 12.1. The van der Waals surface area contributed by atoms with E-state index in [4.69, 9.17) is 0 Å². The summed E-state index contributed by atoms with van der Waals surface area (Å²) in [6.45, 7) is 13.3. The number of Topliss-reactive ketones (excluding diaryl/α,β-unsaturated/α-hetero) is 1.